The van der Waals surface area contributed by atoms with Crippen LogP contribution in [-0.4, -0.2) is 66.8 Å². The molecule has 3 heterocycles. The average Bonchev–Trinajstić information content (AvgIpc) is 3.37. The number of ether oxygens (including phenoxy) is 2. The van der Waals surface area contributed by atoms with Crippen LogP contribution in [0.25, 0.3) is 0 Å². The molecule has 2 saturated heterocycles. The lowest BCUT2D eigenvalue weighted by Gasteiger charge is -2.30. The zero-order chi connectivity index (χ0) is 19.0. The van der Waals surface area contributed by atoms with Crippen molar-refractivity contribution in [2.24, 2.45) is 0 Å². The number of amides is 2. The third-order valence-corrected chi connectivity index (χ3v) is 6.05. The number of fused-ring (bicyclic) bond motifs is 1. The lowest BCUT2D eigenvalue weighted by Crippen LogP contribution is -2.46. The van der Waals surface area contributed by atoms with Crippen molar-refractivity contribution in [2.75, 3.05) is 33.0 Å². The Bertz CT molecular complexity index is 686. The lowest BCUT2D eigenvalue weighted by atomic mass is 10.1. The zero-order valence-electron chi connectivity index (χ0n) is 15.0. The van der Waals surface area contributed by atoms with Crippen molar-refractivity contribution in [3.05, 3.63) is 33.3 Å². The Hall–Kier alpha value is -1.18. The van der Waals surface area contributed by atoms with Gasteiger partial charge in [0.15, 0.2) is 0 Å². The molecule has 146 valence electrons. The van der Waals surface area contributed by atoms with Gasteiger partial charge in [-0.25, -0.2) is 0 Å². The maximum absolute atomic E-state index is 12.8. The van der Waals surface area contributed by atoms with E-state index in [0.29, 0.717) is 24.2 Å². The van der Waals surface area contributed by atoms with Crippen LogP contribution in [0.5, 0.6) is 0 Å². The van der Waals surface area contributed by atoms with E-state index in [1.807, 2.05) is 0 Å². The fourth-order valence-electron chi connectivity index (χ4n) is 3.95. The van der Waals surface area contributed by atoms with Crippen molar-refractivity contribution in [1.82, 2.24) is 9.80 Å². The van der Waals surface area contributed by atoms with Gasteiger partial charge in [0.1, 0.15) is 0 Å². The molecule has 0 bridgehead atoms. The van der Waals surface area contributed by atoms with Gasteiger partial charge >= 0.3 is 0 Å². The number of hydrogen-bond donors (Lipinski definition) is 0. The summed E-state index contributed by atoms with van der Waals surface area (Å²) in [4.78, 5) is 28.9. The van der Waals surface area contributed by atoms with Gasteiger partial charge in [-0.15, -0.1) is 0 Å². The van der Waals surface area contributed by atoms with Gasteiger partial charge < -0.3 is 9.47 Å². The molecule has 1 aromatic rings. The molecule has 2 atom stereocenters. The van der Waals surface area contributed by atoms with E-state index >= 15 is 0 Å². The summed E-state index contributed by atoms with van der Waals surface area (Å²) in [6.45, 7) is 3.09. The molecule has 0 aromatic heterocycles. The van der Waals surface area contributed by atoms with Crippen LogP contribution in [-0.2, 0) is 9.47 Å². The monoisotopic (exact) mass is 412 g/mol. The standard InChI is InChI=1S/C19H22Cl2N2O4/c20-16-7-14-15(8-17(16)21)19(25)23(18(14)24)11-22(9-12-3-1-5-26-12)10-13-4-2-6-27-13/h7-8,12-13H,1-6,9-11H2/t12-,13-/m0/s1. The Balaban J connectivity index is 1.51. The van der Waals surface area contributed by atoms with Gasteiger partial charge in [-0.2, -0.15) is 0 Å². The highest BCUT2D eigenvalue weighted by Crippen LogP contribution is 2.31. The summed E-state index contributed by atoms with van der Waals surface area (Å²) in [5.41, 5.74) is 0.618. The Labute approximate surface area is 168 Å². The minimum absolute atomic E-state index is 0.130. The Morgan fingerprint density at radius 3 is 1.81 bits per heavy atom. The van der Waals surface area contributed by atoms with Gasteiger partial charge in [0.25, 0.3) is 11.8 Å². The van der Waals surface area contributed by atoms with Crippen LogP contribution in [0.15, 0.2) is 12.1 Å². The van der Waals surface area contributed by atoms with Crippen molar-refractivity contribution in [1.29, 1.82) is 0 Å². The van der Waals surface area contributed by atoms with Gasteiger partial charge in [0, 0.05) is 26.3 Å². The molecular weight excluding hydrogens is 391 g/mol. The first-order valence-corrected chi connectivity index (χ1v) is 10.1. The topological polar surface area (TPSA) is 59.1 Å². The number of benzene rings is 1. The van der Waals surface area contributed by atoms with E-state index in [1.165, 1.54) is 17.0 Å². The van der Waals surface area contributed by atoms with Crippen LogP contribution in [0.4, 0.5) is 0 Å². The summed E-state index contributed by atoms with van der Waals surface area (Å²) in [5.74, 6) is -0.670. The number of carbonyl (C=O) groups is 2. The molecule has 2 amide bonds. The van der Waals surface area contributed by atoms with Gasteiger partial charge in [-0.1, -0.05) is 23.2 Å². The van der Waals surface area contributed by atoms with Crippen molar-refractivity contribution < 1.29 is 19.1 Å². The van der Waals surface area contributed by atoms with Crippen molar-refractivity contribution >= 4 is 35.0 Å². The van der Waals surface area contributed by atoms with E-state index in [4.69, 9.17) is 32.7 Å². The quantitative estimate of drug-likeness (QED) is 0.671. The number of halogens is 2. The Kier molecular flexibility index (Phi) is 5.71. The third-order valence-electron chi connectivity index (χ3n) is 5.32. The molecule has 0 radical (unpaired) electrons. The first-order chi connectivity index (χ1) is 13.0. The maximum Gasteiger partial charge on any atom is 0.262 e. The normalized spacial score (nSPS) is 25.1. The summed E-state index contributed by atoms with van der Waals surface area (Å²) in [6, 6.07) is 2.95. The highest BCUT2D eigenvalue weighted by Gasteiger charge is 2.38. The molecule has 0 saturated carbocycles. The lowest BCUT2D eigenvalue weighted by molar-refractivity contribution is 0.0149. The maximum atomic E-state index is 12.8. The van der Waals surface area contributed by atoms with Gasteiger partial charge in [0.05, 0.1) is 40.0 Å². The van der Waals surface area contributed by atoms with Crippen LogP contribution < -0.4 is 0 Å². The molecule has 8 heteroatoms. The first kappa shape index (κ1) is 19.2. The van der Waals surface area contributed by atoms with E-state index in [9.17, 15) is 9.59 Å². The summed E-state index contributed by atoms with van der Waals surface area (Å²) in [6.07, 6.45) is 4.34. The van der Waals surface area contributed by atoms with Crippen molar-refractivity contribution in [3.8, 4) is 0 Å². The fourth-order valence-corrected chi connectivity index (χ4v) is 4.28. The van der Waals surface area contributed by atoms with E-state index in [-0.39, 0.29) is 40.7 Å². The number of nitrogens with zero attached hydrogens (tertiary/aromatic N) is 2. The van der Waals surface area contributed by atoms with E-state index in [2.05, 4.69) is 4.90 Å². The summed E-state index contributed by atoms with van der Waals surface area (Å²) >= 11 is 12.1. The molecule has 4 rings (SSSR count). The summed E-state index contributed by atoms with van der Waals surface area (Å²) in [7, 11) is 0. The number of rotatable bonds is 6. The smallest absolute Gasteiger partial charge is 0.262 e. The second kappa shape index (κ2) is 8.05. The molecule has 0 N–H and O–H groups in total. The van der Waals surface area contributed by atoms with Crippen LogP contribution in [0.1, 0.15) is 46.4 Å². The molecule has 6 nitrogen and oxygen atoms in total. The SMILES string of the molecule is O=C1c2cc(Cl)c(Cl)cc2C(=O)N1CN(C[C@@H]1CCCO1)C[C@@H]1CCCO1. The first-order valence-electron chi connectivity index (χ1n) is 9.33. The Morgan fingerprint density at radius 1 is 0.926 bits per heavy atom. The van der Waals surface area contributed by atoms with Gasteiger partial charge in [-0.3, -0.25) is 19.4 Å². The van der Waals surface area contributed by atoms with Crippen LogP contribution in [0.3, 0.4) is 0 Å². The van der Waals surface area contributed by atoms with E-state index in [0.717, 1.165) is 38.9 Å². The van der Waals surface area contributed by atoms with Gasteiger partial charge in [0.2, 0.25) is 0 Å². The highest BCUT2D eigenvalue weighted by molar-refractivity contribution is 6.43. The summed E-state index contributed by atoms with van der Waals surface area (Å²) < 4.78 is 11.5. The van der Waals surface area contributed by atoms with Gasteiger partial charge in [-0.05, 0) is 37.8 Å². The third kappa shape index (κ3) is 4.00. The molecule has 1 aromatic carbocycles. The minimum Gasteiger partial charge on any atom is -0.377 e. The molecule has 0 unspecified atom stereocenters. The predicted molar refractivity (Wildman–Crippen MR) is 101 cm³/mol. The molecule has 2 fully saturated rings. The van der Waals surface area contributed by atoms with E-state index in [1.54, 1.807) is 0 Å². The van der Waals surface area contributed by atoms with Crippen LogP contribution in [0.2, 0.25) is 10.0 Å². The molecular formula is C19H22Cl2N2O4. The summed E-state index contributed by atoms with van der Waals surface area (Å²) in [5, 5.41) is 0.544. The highest BCUT2D eigenvalue weighted by atomic mass is 35.5. The zero-order valence-corrected chi connectivity index (χ0v) is 16.5. The molecule has 3 aliphatic heterocycles. The molecule has 3 aliphatic rings. The molecule has 0 spiro atoms. The molecule has 27 heavy (non-hydrogen) atoms. The fraction of sp³-hybridized carbons (Fsp3) is 0.579. The predicted octanol–water partition coefficient (Wildman–Crippen LogP) is 3.21. The second-order valence-corrected chi connectivity index (χ2v) is 8.11. The number of imide groups is 1. The minimum atomic E-state index is -0.335. The number of hydrogen-bond acceptors (Lipinski definition) is 5. The number of carbonyl (C=O) groups excluding carboxylic acids is 2. The van der Waals surface area contributed by atoms with Crippen LogP contribution in [0, 0.1) is 0 Å². The largest absolute Gasteiger partial charge is 0.377 e. The van der Waals surface area contributed by atoms with E-state index < -0.39 is 0 Å². The van der Waals surface area contributed by atoms with Crippen LogP contribution >= 0.6 is 23.2 Å². The average molecular weight is 413 g/mol. The van der Waals surface area contributed by atoms with Crippen molar-refractivity contribution in [2.45, 2.75) is 37.9 Å². The van der Waals surface area contributed by atoms with Crippen molar-refractivity contribution in [3.63, 3.8) is 0 Å². The Morgan fingerprint density at radius 2 is 1.41 bits per heavy atom. The molecule has 0 aliphatic carbocycles. The second-order valence-electron chi connectivity index (χ2n) is 7.30.